The molecule has 0 bridgehead atoms. The highest BCUT2D eigenvalue weighted by Crippen LogP contribution is 2.24. The Labute approximate surface area is 163 Å². The average Bonchev–Trinajstić information content (AvgIpc) is 2.68. The molecule has 0 spiro atoms. The van der Waals surface area contributed by atoms with Gasteiger partial charge in [-0.15, -0.1) is 0 Å². The molecule has 2 aromatic rings. The topological polar surface area (TPSA) is 32.7 Å². The van der Waals surface area contributed by atoms with Gasteiger partial charge in [0.15, 0.2) is 5.76 Å². The van der Waals surface area contributed by atoms with Crippen LogP contribution in [0.2, 0.25) is 0 Å². The summed E-state index contributed by atoms with van der Waals surface area (Å²) in [5.41, 5.74) is 5.19. The van der Waals surface area contributed by atoms with Gasteiger partial charge >= 0.3 is 0 Å². The van der Waals surface area contributed by atoms with Gasteiger partial charge < -0.3 is 9.84 Å². The van der Waals surface area contributed by atoms with Gasteiger partial charge in [0.2, 0.25) is 0 Å². The number of hydrogen-bond donors (Lipinski definition) is 1. The third kappa shape index (κ3) is 6.41. The zero-order valence-electron chi connectivity index (χ0n) is 16.6. The van der Waals surface area contributed by atoms with Crippen LogP contribution in [0.3, 0.4) is 0 Å². The number of aliphatic hydroxyl groups excluding tert-OH is 1. The average molecular weight is 366 g/mol. The van der Waals surface area contributed by atoms with Gasteiger partial charge in [-0.2, -0.15) is 0 Å². The van der Waals surface area contributed by atoms with Crippen LogP contribution in [0, 0.1) is 5.92 Å². The second kappa shape index (κ2) is 10.7. The van der Waals surface area contributed by atoms with Crippen LogP contribution >= 0.6 is 0 Å². The molecule has 27 heavy (non-hydrogen) atoms. The first-order chi connectivity index (χ1) is 13.0. The van der Waals surface area contributed by atoms with Crippen molar-refractivity contribution in [1.29, 1.82) is 0 Å². The lowest BCUT2D eigenvalue weighted by Gasteiger charge is -2.36. The Balaban J connectivity index is 2.36. The Hall–Kier alpha value is -2.32. The minimum absolute atomic E-state index is 0.102. The van der Waals surface area contributed by atoms with E-state index in [0.29, 0.717) is 11.7 Å². The van der Waals surface area contributed by atoms with Gasteiger partial charge in [-0.1, -0.05) is 86.8 Å². The zero-order chi connectivity index (χ0) is 19.6. The standard InChI is InChI=1S/C24H31NO2/c1-5-23(27-4)24(26)22(16-19(2)3)25(17-20-12-8-6-9-13-20)18-21-14-10-7-11-15-21/h6-15,19,22,24,26H,1,16-18H2,2-4H3/t22-,24-/m1/s1. The molecule has 2 rings (SSSR count). The fraction of sp³-hybridized carbons (Fsp3) is 0.375. The van der Waals surface area contributed by atoms with Crippen LogP contribution in [0.4, 0.5) is 0 Å². The summed E-state index contributed by atoms with van der Waals surface area (Å²) in [6.45, 7) is 9.52. The second-order valence-corrected chi connectivity index (χ2v) is 7.26. The van der Waals surface area contributed by atoms with E-state index in [9.17, 15) is 5.11 Å². The minimum Gasteiger partial charge on any atom is -0.490 e. The van der Waals surface area contributed by atoms with Crippen molar-refractivity contribution in [2.45, 2.75) is 45.5 Å². The van der Waals surface area contributed by atoms with Crippen molar-refractivity contribution in [3.8, 4) is 0 Å². The maximum Gasteiger partial charge on any atom is 0.167 e. The van der Waals surface area contributed by atoms with E-state index < -0.39 is 6.10 Å². The second-order valence-electron chi connectivity index (χ2n) is 7.26. The van der Waals surface area contributed by atoms with E-state index in [1.807, 2.05) is 36.4 Å². The maximum atomic E-state index is 11.0. The summed E-state index contributed by atoms with van der Waals surface area (Å²) < 4.78 is 5.34. The summed E-state index contributed by atoms with van der Waals surface area (Å²) >= 11 is 0. The first-order valence-electron chi connectivity index (χ1n) is 9.49. The van der Waals surface area contributed by atoms with Crippen LogP contribution in [0.1, 0.15) is 31.4 Å². The van der Waals surface area contributed by atoms with Crippen LogP contribution in [-0.4, -0.2) is 29.3 Å². The Kier molecular flexibility index (Phi) is 8.35. The van der Waals surface area contributed by atoms with Crippen molar-refractivity contribution in [2.75, 3.05) is 7.11 Å². The predicted octanol–water partition coefficient (Wildman–Crippen LogP) is 4.78. The van der Waals surface area contributed by atoms with Crippen LogP contribution in [0.25, 0.3) is 0 Å². The normalized spacial score (nSPS) is 13.3. The molecule has 3 nitrogen and oxygen atoms in total. The molecule has 2 aromatic carbocycles. The summed E-state index contributed by atoms with van der Waals surface area (Å²) in [5.74, 6) is 0.827. The van der Waals surface area contributed by atoms with Crippen molar-refractivity contribution in [3.05, 3.63) is 89.9 Å². The summed E-state index contributed by atoms with van der Waals surface area (Å²) in [6.07, 6.45) is 0.0670. The van der Waals surface area contributed by atoms with E-state index in [1.165, 1.54) is 11.1 Å². The van der Waals surface area contributed by atoms with Crippen molar-refractivity contribution < 1.29 is 9.84 Å². The predicted molar refractivity (Wildman–Crippen MR) is 111 cm³/mol. The number of hydrogen-bond acceptors (Lipinski definition) is 3. The molecule has 3 heteroatoms. The molecule has 0 aliphatic heterocycles. The van der Waals surface area contributed by atoms with Crippen LogP contribution in [0.15, 0.2) is 78.7 Å². The summed E-state index contributed by atoms with van der Waals surface area (Å²) in [4.78, 5) is 2.33. The van der Waals surface area contributed by atoms with Crippen LogP contribution in [0.5, 0.6) is 0 Å². The first kappa shape index (κ1) is 21.0. The molecule has 0 aromatic heterocycles. The smallest absolute Gasteiger partial charge is 0.167 e. The van der Waals surface area contributed by atoms with Gasteiger partial charge in [0.1, 0.15) is 6.10 Å². The van der Waals surface area contributed by atoms with E-state index in [2.05, 4.69) is 55.3 Å². The minimum atomic E-state index is -0.776. The molecule has 0 fully saturated rings. The van der Waals surface area contributed by atoms with Gasteiger partial charge in [-0.25, -0.2) is 0 Å². The van der Waals surface area contributed by atoms with E-state index in [0.717, 1.165) is 19.5 Å². The van der Waals surface area contributed by atoms with Crippen molar-refractivity contribution in [3.63, 3.8) is 0 Å². The molecule has 0 aliphatic carbocycles. The zero-order valence-corrected chi connectivity index (χ0v) is 16.6. The molecular weight excluding hydrogens is 334 g/mol. The quantitative estimate of drug-likeness (QED) is 0.486. The monoisotopic (exact) mass is 365 g/mol. The Morgan fingerprint density at radius 2 is 1.48 bits per heavy atom. The lowest BCUT2D eigenvalue weighted by Crippen LogP contribution is -2.44. The van der Waals surface area contributed by atoms with Gasteiger partial charge in [0, 0.05) is 19.1 Å². The highest BCUT2D eigenvalue weighted by Gasteiger charge is 2.30. The van der Waals surface area contributed by atoms with E-state index >= 15 is 0 Å². The molecule has 0 aliphatic rings. The number of rotatable bonds is 10. The van der Waals surface area contributed by atoms with Gasteiger partial charge in [-0.05, 0) is 23.5 Å². The van der Waals surface area contributed by atoms with Crippen molar-refractivity contribution in [2.24, 2.45) is 5.92 Å². The lowest BCUT2D eigenvalue weighted by molar-refractivity contribution is 0.0189. The Morgan fingerprint density at radius 1 is 1.00 bits per heavy atom. The lowest BCUT2D eigenvalue weighted by atomic mass is 9.95. The molecule has 0 amide bonds. The highest BCUT2D eigenvalue weighted by molar-refractivity contribution is 5.18. The molecule has 2 atom stereocenters. The van der Waals surface area contributed by atoms with Crippen molar-refractivity contribution >= 4 is 0 Å². The fourth-order valence-electron chi connectivity index (χ4n) is 3.36. The van der Waals surface area contributed by atoms with E-state index in [4.69, 9.17) is 4.74 Å². The molecule has 1 N–H and O–H groups in total. The molecule has 0 saturated heterocycles. The van der Waals surface area contributed by atoms with E-state index in [-0.39, 0.29) is 6.04 Å². The fourth-order valence-corrected chi connectivity index (χ4v) is 3.36. The first-order valence-corrected chi connectivity index (χ1v) is 9.49. The molecule has 144 valence electrons. The molecule has 0 radical (unpaired) electrons. The third-order valence-corrected chi connectivity index (χ3v) is 4.67. The van der Waals surface area contributed by atoms with Gasteiger partial charge in [-0.3, -0.25) is 4.90 Å². The Bertz CT molecular complexity index is 679. The molecule has 0 heterocycles. The summed E-state index contributed by atoms with van der Waals surface area (Å²) in [7, 11) is 1.56. The van der Waals surface area contributed by atoms with Crippen LogP contribution < -0.4 is 0 Å². The molecule has 0 unspecified atom stereocenters. The summed E-state index contributed by atoms with van der Waals surface area (Å²) in [5, 5.41) is 11.0. The largest absolute Gasteiger partial charge is 0.490 e. The third-order valence-electron chi connectivity index (χ3n) is 4.67. The van der Waals surface area contributed by atoms with E-state index in [1.54, 1.807) is 7.11 Å². The number of ether oxygens (including phenoxy) is 1. The number of aliphatic hydroxyl groups is 1. The Morgan fingerprint density at radius 3 is 1.85 bits per heavy atom. The maximum absolute atomic E-state index is 11.0. The number of methoxy groups -OCH3 is 1. The summed E-state index contributed by atoms with van der Waals surface area (Å²) in [6, 6.07) is 20.6. The number of benzene rings is 2. The van der Waals surface area contributed by atoms with Crippen LogP contribution in [-0.2, 0) is 17.8 Å². The number of nitrogens with zero attached hydrogens (tertiary/aromatic N) is 1. The molecular formula is C24H31NO2. The van der Waals surface area contributed by atoms with Gasteiger partial charge in [0.05, 0.1) is 7.11 Å². The SMILES string of the molecule is C=C=C(OC)[C@H](O)[C@@H](CC(C)C)N(Cc1ccccc1)Cc1ccccc1. The highest BCUT2D eigenvalue weighted by atomic mass is 16.5. The van der Waals surface area contributed by atoms with Crippen molar-refractivity contribution in [1.82, 2.24) is 4.90 Å². The molecule has 0 saturated carbocycles. The van der Waals surface area contributed by atoms with Gasteiger partial charge in [0.25, 0.3) is 0 Å².